The van der Waals surface area contributed by atoms with Gasteiger partial charge in [0.1, 0.15) is 5.38 Å². The quantitative estimate of drug-likeness (QED) is 0.603. The van der Waals surface area contributed by atoms with E-state index in [0.29, 0.717) is 5.88 Å². The fraction of sp³-hybridized carbons (Fsp3) is 0.364. The number of hydrogen-bond acceptors (Lipinski definition) is 2. The molecule has 0 amide bonds. The lowest BCUT2D eigenvalue weighted by atomic mass is 10.1. The number of Topliss-reactive ketones (excluding diaryl/α,β-unsaturated/α-hetero) is 1. The van der Waals surface area contributed by atoms with Gasteiger partial charge in [-0.1, -0.05) is 12.1 Å². The second-order valence-corrected chi connectivity index (χ2v) is 4.73. The number of halogens is 2. The number of benzene rings is 1. The van der Waals surface area contributed by atoms with Crippen molar-refractivity contribution in [1.82, 2.24) is 0 Å². The summed E-state index contributed by atoms with van der Waals surface area (Å²) < 4.78 is 0. The molecule has 0 N–H and O–H groups in total. The van der Waals surface area contributed by atoms with Gasteiger partial charge in [0.05, 0.1) is 0 Å². The standard InChI is InChI=1S/C11H12Cl2OS/c1-7(14)11(13)8-3-4-10(15-2)9(5-8)6-12/h3-5,11H,6H2,1-2H3. The van der Waals surface area contributed by atoms with Crippen LogP contribution in [0.2, 0.25) is 0 Å². The van der Waals surface area contributed by atoms with E-state index in [1.807, 2.05) is 24.5 Å². The lowest BCUT2D eigenvalue weighted by molar-refractivity contribution is -0.116. The number of ketones is 1. The molecule has 0 bridgehead atoms. The number of carbonyl (C=O) groups excluding carboxylic acids is 1. The maximum Gasteiger partial charge on any atom is 0.152 e. The normalized spacial score (nSPS) is 12.5. The molecule has 0 saturated carbocycles. The summed E-state index contributed by atoms with van der Waals surface area (Å²) in [5.41, 5.74) is 1.84. The Morgan fingerprint density at radius 2 is 2.20 bits per heavy atom. The van der Waals surface area contributed by atoms with E-state index in [0.717, 1.165) is 16.0 Å². The summed E-state index contributed by atoms with van der Waals surface area (Å²) in [5.74, 6) is 0.389. The smallest absolute Gasteiger partial charge is 0.152 e. The number of alkyl halides is 2. The van der Waals surface area contributed by atoms with Crippen molar-refractivity contribution in [3.05, 3.63) is 29.3 Å². The molecule has 0 fully saturated rings. The molecule has 0 radical (unpaired) electrons. The van der Waals surface area contributed by atoms with Crippen molar-refractivity contribution in [2.45, 2.75) is 23.1 Å². The largest absolute Gasteiger partial charge is 0.298 e. The van der Waals surface area contributed by atoms with Gasteiger partial charge in [0, 0.05) is 10.8 Å². The van der Waals surface area contributed by atoms with Gasteiger partial charge in [-0.25, -0.2) is 0 Å². The summed E-state index contributed by atoms with van der Waals surface area (Å²) >= 11 is 13.4. The average molecular weight is 263 g/mol. The van der Waals surface area contributed by atoms with Crippen molar-refractivity contribution >= 4 is 40.7 Å². The van der Waals surface area contributed by atoms with Crippen molar-refractivity contribution in [2.75, 3.05) is 6.26 Å². The van der Waals surface area contributed by atoms with Gasteiger partial charge >= 0.3 is 0 Å². The zero-order valence-electron chi connectivity index (χ0n) is 8.59. The Morgan fingerprint density at radius 3 is 2.67 bits per heavy atom. The summed E-state index contributed by atoms with van der Waals surface area (Å²) in [6, 6.07) is 5.73. The Bertz CT molecular complexity index is 366. The summed E-state index contributed by atoms with van der Waals surface area (Å²) in [4.78, 5) is 12.3. The molecule has 0 aliphatic rings. The first kappa shape index (κ1) is 12.9. The highest BCUT2D eigenvalue weighted by atomic mass is 35.5. The lowest BCUT2D eigenvalue weighted by Crippen LogP contribution is -2.02. The van der Waals surface area contributed by atoms with Crippen LogP contribution in [0.1, 0.15) is 23.4 Å². The first-order valence-electron chi connectivity index (χ1n) is 4.47. The molecule has 15 heavy (non-hydrogen) atoms. The molecule has 1 nitrogen and oxygen atoms in total. The van der Waals surface area contributed by atoms with Gasteiger partial charge in [-0.05, 0) is 30.4 Å². The van der Waals surface area contributed by atoms with Crippen LogP contribution in [-0.4, -0.2) is 12.0 Å². The van der Waals surface area contributed by atoms with Gasteiger partial charge < -0.3 is 0 Å². The molecule has 0 aromatic heterocycles. The van der Waals surface area contributed by atoms with E-state index >= 15 is 0 Å². The highest BCUT2D eigenvalue weighted by molar-refractivity contribution is 7.98. The molecular weight excluding hydrogens is 251 g/mol. The third-order valence-electron chi connectivity index (χ3n) is 2.10. The Hall–Kier alpha value is -0.180. The third kappa shape index (κ3) is 3.13. The monoisotopic (exact) mass is 262 g/mol. The molecule has 0 heterocycles. The second-order valence-electron chi connectivity index (χ2n) is 3.18. The average Bonchev–Trinajstić information content (AvgIpc) is 2.26. The molecule has 0 spiro atoms. The SMILES string of the molecule is CSc1ccc(C(Cl)C(C)=O)cc1CCl. The summed E-state index contributed by atoms with van der Waals surface area (Å²) in [7, 11) is 0. The van der Waals surface area contributed by atoms with Crippen molar-refractivity contribution in [3.8, 4) is 0 Å². The van der Waals surface area contributed by atoms with Crippen LogP contribution in [0, 0.1) is 0 Å². The van der Waals surface area contributed by atoms with Gasteiger partial charge in [0.2, 0.25) is 0 Å². The first-order chi connectivity index (χ1) is 7.10. The van der Waals surface area contributed by atoms with Gasteiger partial charge in [0.15, 0.2) is 5.78 Å². The van der Waals surface area contributed by atoms with Crippen LogP contribution in [0.4, 0.5) is 0 Å². The van der Waals surface area contributed by atoms with Crippen LogP contribution >= 0.6 is 35.0 Å². The molecule has 0 saturated heterocycles. The van der Waals surface area contributed by atoms with Crippen LogP contribution in [0.15, 0.2) is 23.1 Å². The maximum atomic E-state index is 11.1. The molecule has 1 unspecified atom stereocenters. The van der Waals surface area contributed by atoms with Crippen molar-refractivity contribution in [2.24, 2.45) is 0 Å². The second kappa shape index (κ2) is 5.78. The fourth-order valence-electron chi connectivity index (χ4n) is 1.30. The van der Waals surface area contributed by atoms with E-state index < -0.39 is 5.38 Å². The summed E-state index contributed by atoms with van der Waals surface area (Å²) in [6.07, 6.45) is 1.99. The summed E-state index contributed by atoms with van der Waals surface area (Å²) in [5, 5.41) is -0.567. The zero-order valence-corrected chi connectivity index (χ0v) is 10.9. The van der Waals surface area contributed by atoms with E-state index in [1.165, 1.54) is 6.92 Å². The zero-order chi connectivity index (χ0) is 11.4. The Balaban J connectivity index is 3.07. The number of rotatable bonds is 4. The van der Waals surface area contributed by atoms with Gasteiger partial charge in [-0.2, -0.15) is 0 Å². The van der Waals surface area contributed by atoms with E-state index in [2.05, 4.69) is 0 Å². The van der Waals surface area contributed by atoms with Crippen molar-refractivity contribution < 1.29 is 4.79 Å². The van der Waals surface area contributed by atoms with Crippen LogP contribution < -0.4 is 0 Å². The molecule has 82 valence electrons. The molecule has 4 heteroatoms. The minimum absolute atomic E-state index is 0.0471. The Labute approximate surface area is 104 Å². The van der Waals surface area contributed by atoms with Crippen LogP contribution in [-0.2, 0) is 10.7 Å². The van der Waals surface area contributed by atoms with E-state index in [-0.39, 0.29) is 5.78 Å². The number of hydrogen-bond donors (Lipinski definition) is 0. The minimum atomic E-state index is -0.567. The minimum Gasteiger partial charge on any atom is -0.298 e. The topological polar surface area (TPSA) is 17.1 Å². The highest BCUT2D eigenvalue weighted by Gasteiger charge is 2.14. The molecule has 0 aliphatic heterocycles. The predicted molar refractivity (Wildman–Crippen MR) is 67.1 cm³/mol. The third-order valence-corrected chi connectivity index (χ3v) is 3.78. The predicted octanol–water partition coefficient (Wildman–Crippen LogP) is 4.02. The first-order valence-corrected chi connectivity index (χ1v) is 6.67. The molecule has 1 aromatic rings. The van der Waals surface area contributed by atoms with E-state index in [9.17, 15) is 4.79 Å². The lowest BCUT2D eigenvalue weighted by Gasteiger charge is -2.10. The summed E-state index contributed by atoms with van der Waals surface area (Å²) in [6.45, 7) is 1.49. The van der Waals surface area contributed by atoms with Crippen LogP contribution in [0.25, 0.3) is 0 Å². The molecule has 1 aromatic carbocycles. The number of carbonyl (C=O) groups is 1. The molecule has 0 aliphatic carbocycles. The Morgan fingerprint density at radius 1 is 1.53 bits per heavy atom. The van der Waals surface area contributed by atoms with Crippen LogP contribution in [0.3, 0.4) is 0 Å². The number of thioether (sulfide) groups is 1. The van der Waals surface area contributed by atoms with E-state index in [1.54, 1.807) is 11.8 Å². The van der Waals surface area contributed by atoms with Gasteiger partial charge in [-0.3, -0.25) is 4.79 Å². The van der Waals surface area contributed by atoms with Crippen molar-refractivity contribution in [1.29, 1.82) is 0 Å². The van der Waals surface area contributed by atoms with Crippen molar-refractivity contribution in [3.63, 3.8) is 0 Å². The van der Waals surface area contributed by atoms with Gasteiger partial charge in [0.25, 0.3) is 0 Å². The highest BCUT2D eigenvalue weighted by Crippen LogP contribution is 2.28. The molecule has 1 rings (SSSR count). The molecule has 1 atom stereocenters. The van der Waals surface area contributed by atoms with Crippen LogP contribution in [0.5, 0.6) is 0 Å². The maximum absolute atomic E-state index is 11.1. The fourth-order valence-corrected chi connectivity index (χ4v) is 2.33. The Kier molecular flexibility index (Phi) is 4.97. The molecular formula is C11H12Cl2OS. The van der Waals surface area contributed by atoms with Gasteiger partial charge in [-0.15, -0.1) is 35.0 Å². The van der Waals surface area contributed by atoms with E-state index in [4.69, 9.17) is 23.2 Å².